The van der Waals surface area contributed by atoms with Crippen LogP contribution in [0.15, 0.2) is 0 Å². The van der Waals surface area contributed by atoms with Crippen LogP contribution in [0.5, 0.6) is 0 Å². The molecular formula is C16H38N4. The first kappa shape index (κ1) is 19.8. The van der Waals surface area contributed by atoms with Gasteiger partial charge in [0.25, 0.3) is 0 Å². The molecule has 0 aromatic heterocycles. The lowest BCUT2D eigenvalue weighted by atomic mass is 9.71. The number of hydrogen-bond acceptors (Lipinski definition) is 4. The average molecular weight is 287 g/mol. The van der Waals surface area contributed by atoms with E-state index >= 15 is 0 Å². The first-order chi connectivity index (χ1) is 9.12. The van der Waals surface area contributed by atoms with Crippen molar-refractivity contribution in [2.24, 2.45) is 16.9 Å². The summed E-state index contributed by atoms with van der Waals surface area (Å²) in [6, 6.07) is 0.275. The highest BCUT2D eigenvalue weighted by atomic mass is 15.2. The van der Waals surface area contributed by atoms with E-state index in [1.807, 2.05) is 0 Å². The molecule has 20 heavy (non-hydrogen) atoms. The molecule has 0 fully saturated rings. The molecule has 0 aromatic carbocycles. The van der Waals surface area contributed by atoms with Gasteiger partial charge in [-0.1, -0.05) is 27.7 Å². The SMILES string of the molecule is CCN(CC)CCCC(C)(N)C(N(C)C)C(C)(C)CN. The lowest BCUT2D eigenvalue weighted by Gasteiger charge is -2.48. The first-order valence-corrected chi connectivity index (χ1v) is 8.00. The normalized spacial score (nSPS) is 17.6. The monoisotopic (exact) mass is 286 g/mol. The van der Waals surface area contributed by atoms with Crippen molar-refractivity contribution in [1.29, 1.82) is 0 Å². The maximum Gasteiger partial charge on any atom is 0.0330 e. The van der Waals surface area contributed by atoms with Crippen molar-refractivity contribution in [3.63, 3.8) is 0 Å². The van der Waals surface area contributed by atoms with Crippen molar-refractivity contribution in [3.05, 3.63) is 0 Å². The summed E-state index contributed by atoms with van der Waals surface area (Å²) in [4.78, 5) is 4.69. The van der Waals surface area contributed by atoms with Crippen LogP contribution in [0, 0.1) is 5.41 Å². The summed E-state index contributed by atoms with van der Waals surface area (Å²) >= 11 is 0. The van der Waals surface area contributed by atoms with E-state index in [1.165, 1.54) is 0 Å². The Morgan fingerprint density at radius 1 is 1.05 bits per heavy atom. The number of hydrogen-bond donors (Lipinski definition) is 2. The zero-order valence-corrected chi connectivity index (χ0v) is 14.9. The second kappa shape index (κ2) is 8.32. The zero-order chi connectivity index (χ0) is 16.0. The molecule has 2 atom stereocenters. The molecular weight excluding hydrogens is 248 g/mol. The standard InChI is InChI=1S/C16H38N4/c1-8-20(9-2)12-10-11-16(5,18)14(19(6)7)15(3,4)13-17/h14H,8-13,17-18H2,1-7H3. The Morgan fingerprint density at radius 3 is 1.90 bits per heavy atom. The van der Waals surface area contributed by atoms with Crippen LogP contribution in [0.1, 0.15) is 47.5 Å². The second-order valence-electron chi connectivity index (χ2n) is 7.20. The summed E-state index contributed by atoms with van der Waals surface area (Å²) in [5.41, 5.74) is 12.4. The molecule has 4 nitrogen and oxygen atoms in total. The Bertz CT molecular complexity index is 257. The minimum atomic E-state index is -0.223. The Kier molecular flexibility index (Phi) is 8.26. The predicted molar refractivity (Wildman–Crippen MR) is 89.9 cm³/mol. The molecule has 0 heterocycles. The fourth-order valence-corrected chi connectivity index (χ4v) is 3.65. The Hall–Kier alpha value is -0.160. The molecule has 4 N–H and O–H groups in total. The highest BCUT2D eigenvalue weighted by Gasteiger charge is 2.41. The maximum absolute atomic E-state index is 6.68. The van der Waals surface area contributed by atoms with Crippen molar-refractivity contribution >= 4 is 0 Å². The summed E-state index contributed by atoms with van der Waals surface area (Å²) in [5.74, 6) is 0. The van der Waals surface area contributed by atoms with Gasteiger partial charge in [-0.2, -0.15) is 0 Å². The van der Waals surface area contributed by atoms with Crippen LogP contribution < -0.4 is 11.5 Å². The average Bonchev–Trinajstić information content (AvgIpc) is 2.33. The molecule has 0 saturated carbocycles. The van der Waals surface area contributed by atoms with E-state index in [9.17, 15) is 0 Å². The van der Waals surface area contributed by atoms with Crippen LogP contribution in [0.3, 0.4) is 0 Å². The van der Waals surface area contributed by atoms with E-state index < -0.39 is 0 Å². The minimum absolute atomic E-state index is 0.0161. The fraction of sp³-hybridized carbons (Fsp3) is 1.00. The molecule has 0 aliphatic heterocycles. The molecule has 0 radical (unpaired) electrons. The van der Waals surface area contributed by atoms with Crippen LogP contribution in [0.2, 0.25) is 0 Å². The lowest BCUT2D eigenvalue weighted by molar-refractivity contribution is 0.0662. The van der Waals surface area contributed by atoms with Gasteiger partial charge in [-0.3, -0.25) is 0 Å². The van der Waals surface area contributed by atoms with Gasteiger partial charge in [0, 0.05) is 11.6 Å². The van der Waals surface area contributed by atoms with E-state index in [0.29, 0.717) is 6.54 Å². The maximum atomic E-state index is 6.68. The van der Waals surface area contributed by atoms with Crippen LogP contribution in [-0.2, 0) is 0 Å². The summed E-state index contributed by atoms with van der Waals surface area (Å²) in [6.45, 7) is 15.0. The van der Waals surface area contributed by atoms with Crippen molar-refractivity contribution in [2.75, 3.05) is 40.3 Å². The summed E-state index contributed by atoms with van der Waals surface area (Å²) in [6.07, 6.45) is 2.16. The van der Waals surface area contributed by atoms with Gasteiger partial charge in [0.15, 0.2) is 0 Å². The second-order valence-corrected chi connectivity index (χ2v) is 7.20. The van der Waals surface area contributed by atoms with Gasteiger partial charge in [0.2, 0.25) is 0 Å². The topological polar surface area (TPSA) is 58.5 Å². The Balaban J connectivity index is 4.72. The molecule has 0 spiro atoms. The third kappa shape index (κ3) is 5.68. The van der Waals surface area contributed by atoms with Crippen LogP contribution in [0.25, 0.3) is 0 Å². The van der Waals surface area contributed by atoms with E-state index in [2.05, 4.69) is 58.5 Å². The Morgan fingerprint density at radius 2 is 1.55 bits per heavy atom. The number of nitrogens with two attached hydrogens (primary N) is 2. The van der Waals surface area contributed by atoms with Crippen molar-refractivity contribution < 1.29 is 0 Å². The highest BCUT2D eigenvalue weighted by molar-refractivity contribution is 5.00. The van der Waals surface area contributed by atoms with Crippen LogP contribution in [-0.4, -0.2) is 61.7 Å². The minimum Gasteiger partial charge on any atom is -0.330 e. The molecule has 2 unspecified atom stereocenters. The molecule has 0 rings (SSSR count). The summed E-state index contributed by atoms with van der Waals surface area (Å²) in [5, 5.41) is 0. The predicted octanol–water partition coefficient (Wildman–Crippen LogP) is 1.74. The van der Waals surface area contributed by atoms with E-state index in [4.69, 9.17) is 11.5 Å². The first-order valence-electron chi connectivity index (χ1n) is 8.00. The Labute approximate surface area is 126 Å². The lowest BCUT2D eigenvalue weighted by Crippen LogP contribution is -2.62. The van der Waals surface area contributed by atoms with Gasteiger partial charge in [0.05, 0.1) is 0 Å². The van der Waals surface area contributed by atoms with Crippen LogP contribution in [0.4, 0.5) is 0 Å². The molecule has 0 bridgehead atoms. The fourth-order valence-electron chi connectivity index (χ4n) is 3.65. The smallest absolute Gasteiger partial charge is 0.0330 e. The molecule has 0 aromatic rings. The molecule has 0 amide bonds. The van der Waals surface area contributed by atoms with Crippen LogP contribution >= 0.6 is 0 Å². The summed E-state index contributed by atoms with van der Waals surface area (Å²) < 4.78 is 0. The molecule has 0 aliphatic carbocycles. The van der Waals surface area contributed by atoms with Crippen molar-refractivity contribution in [1.82, 2.24) is 9.80 Å². The third-order valence-corrected chi connectivity index (χ3v) is 4.49. The van der Waals surface area contributed by atoms with Crippen molar-refractivity contribution in [3.8, 4) is 0 Å². The van der Waals surface area contributed by atoms with Gasteiger partial charge >= 0.3 is 0 Å². The zero-order valence-electron chi connectivity index (χ0n) is 14.9. The summed E-state index contributed by atoms with van der Waals surface area (Å²) in [7, 11) is 4.22. The number of likely N-dealkylation sites (N-methyl/N-ethyl adjacent to an activating group) is 1. The van der Waals surface area contributed by atoms with Crippen molar-refractivity contribution in [2.45, 2.75) is 59.0 Å². The van der Waals surface area contributed by atoms with Gasteiger partial charge in [0.1, 0.15) is 0 Å². The molecule has 122 valence electrons. The van der Waals surface area contributed by atoms with Gasteiger partial charge in [-0.15, -0.1) is 0 Å². The number of rotatable bonds is 10. The van der Waals surface area contributed by atoms with Gasteiger partial charge in [-0.25, -0.2) is 0 Å². The molecule has 4 heteroatoms. The largest absolute Gasteiger partial charge is 0.330 e. The quantitative estimate of drug-likeness (QED) is 0.642. The van der Waals surface area contributed by atoms with E-state index in [0.717, 1.165) is 32.5 Å². The number of nitrogens with zero attached hydrogens (tertiary/aromatic N) is 2. The molecule has 0 saturated heterocycles. The highest BCUT2D eigenvalue weighted by Crippen LogP contribution is 2.32. The van der Waals surface area contributed by atoms with E-state index in [-0.39, 0.29) is 17.0 Å². The van der Waals surface area contributed by atoms with Gasteiger partial charge in [-0.05, 0) is 65.5 Å². The molecule has 0 aliphatic rings. The van der Waals surface area contributed by atoms with E-state index in [1.54, 1.807) is 0 Å². The third-order valence-electron chi connectivity index (χ3n) is 4.49. The van der Waals surface area contributed by atoms with Gasteiger partial charge < -0.3 is 21.3 Å².